The second-order valence-electron chi connectivity index (χ2n) is 6.68. The van der Waals surface area contributed by atoms with Crippen molar-refractivity contribution in [1.82, 2.24) is 15.5 Å². The third kappa shape index (κ3) is 5.00. The maximum atomic E-state index is 12.8. The van der Waals surface area contributed by atoms with Crippen LogP contribution in [-0.4, -0.2) is 48.9 Å². The van der Waals surface area contributed by atoms with Gasteiger partial charge in [-0.1, -0.05) is 30.0 Å². The predicted octanol–water partition coefficient (Wildman–Crippen LogP) is 0.626. The monoisotopic (exact) mass is 420 g/mol. The summed E-state index contributed by atoms with van der Waals surface area (Å²) >= 11 is 0. The van der Waals surface area contributed by atoms with Crippen molar-refractivity contribution >= 4 is 24.3 Å². The number of rotatable bonds is 6. The minimum atomic E-state index is -0.818. The van der Waals surface area contributed by atoms with Gasteiger partial charge in [0.25, 0.3) is 5.91 Å². The van der Waals surface area contributed by atoms with Gasteiger partial charge >= 0.3 is 6.03 Å². The van der Waals surface area contributed by atoms with E-state index >= 15 is 0 Å². The van der Waals surface area contributed by atoms with Crippen molar-refractivity contribution in [2.45, 2.75) is 12.6 Å². The summed E-state index contributed by atoms with van der Waals surface area (Å²) in [6.07, 6.45) is 0.241. The Morgan fingerprint density at radius 1 is 1.29 bits per heavy atom. The highest BCUT2D eigenvalue weighted by Gasteiger charge is 2.29. The van der Waals surface area contributed by atoms with Crippen LogP contribution in [-0.2, 0) is 11.3 Å². The van der Waals surface area contributed by atoms with Crippen molar-refractivity contribution in [3.63, 3.8) is 0 Å². The molecule has 1 atom stereocenters. The zero-order chi connectivity index (χ0) is 22.4. The van der Waals surface area contributed by atoms with Crippen molar-refractivity contribution < 1.29 is 23.9 Å². The molecule has 31 heavy (non-hydrogen) atoms. The van der Waals surface area contributed by atoms with Crippen molar-refractivity contribution in [2.24, 2.45) is 5.73 Å². The highest BCUT2D eigenvalue weighted by Crippen LogP contribution is 2.26. The maximum absolute atomic E-state index is 12.8. The van der Waals surface area contributed by atoms with Crippen LogP contribution in [0.2, 0.25) is 0 Å². The van der Waals surface area contributed by atoms with Gasteiger partial charge in [0.05, 0.1) is 19.2 Å². The van der Waals surface area contributed by atoms with Crippen LogP contribution in [0.15, 0.2) is 42.5 Å². The number of carbonyl (C=O) groups excluding carboxylic acids is 4. The number of ether oxygens (including phenoxy) is 1. The molecule has 3 rings (SSSR count). The number of benzene rings is 2. The average Bonchev–Trinajstić information content (AvgIpc) is 3.07. The van der Waals surface area contributed by atoms with Gasteiger partial charge in [-0.25, -0.2) is 4.79 Å². The molecule has 9 heteroatoms. The normalized spacial score (nSPS) is 12.8. The summed E-state index contributed by atoms with van der Waals surface area (Å²) in [6.45, 7) is 0.402. The number of nitrogens with one attached hydrogen (secondary N) is 2. The minimum absolute atomic E-state index is 0.0633. The first-order valence-electron chi connectivity index (χ1n) is 9.30. The Bertz CT molecular complexity index is 1100. The lowest BCUT2D eigenvalue weighted by atomic mass is 10.1. The van der Waals surface area contributed by atoms with Crippen molar-refractivity contribution in [3.05, 3.63) is 64.7 Å². The summed E-state index contributed by atoms with van der Waals surface area (Å²) in [5.74, 6) is 5.39. The summed E-state index contributed by atoms with van der Waals surface area (Å²) in [5.41, 5.74) is 7.35. The Morgan fingerprint density at radius 2 is 2.06 bits per heavy atom. The minimum Gasteiger partial charge on any atom is -0.497 e. The molecule has 0 aromatic heterocycles. The number of fused-ring (bicyclic) bond motifs is 1. The molecule has 5 amide bonds. The molecule has 1 aliphatic heterocycles. The molecule has 1 aliphatic rings. The Labute approximate surface area is 178 Å². The average molecular weight is 420 g/mol. The number of amides is 5. The fourth-order valence-electron chi connectivity index (χ4n) is 3.19. The number of carbonyl (C=O) groups is 4. The van der Waals surface area contributed by atoms with Crippen molar-refractivity contribution in [2.75, 3.05) is 13.7 Å². The number of methoxy groups -OCH3 is 1. The second-order valence-corrected chi connectivity index (χ2v) is 6.68. The van der Waals surface area contributed by atoms with E-state index in [1.807, 2.05) is 11.4 Å². The fraction of sp³-hybridized carbons (Fsp3) is 0.182. The van der Waals surface area contributed by atoms with Crippen LogP contribution in [0.5, 0.6) is 5.75 Å². The van der Waals surface area contributed by atoms with Gasteiger partial charge in [0.15, 0.2) is 0 Å². The van der Waals surface area contributed by atoms with Gasteiger partial charge in [0.2, 0.25) is 12.3 Å². The van der Waals surface area contributed by atoms with Gasteiger partial charge in [-0.2, -0.15) is 0 Å². The fourth-order valence-corrected chi connectivity index (χ4v) is 3.19. The molecule has 1 heterocycles. The van der Waals surface area contributed by atoms with E-state index in [4.69, 9.17) is 10.5 Å². The molecule has 0 bridgehead atoms. The van der Waals surface area contributed by atoms with Crippen LogP contribution in [0.4, 0.5) is 4.79 Å². The van der Waals surface area contributed by atoms with Crippen LogP contribution in [0, 0.1) is 11.8 Å². The molecule has 0 radical (unpaired) electrons. The zero-order valence-corrected chi connectivity index (χ0v) is 16.7. The van der Waals surface area contributed by atoms with Gasteiger partial charge in [0.1, 0.15) is 11.8 Å². The second kappa shape index (κ2) is 9.45. The van der Waals surface area contributed by atoms with E-state index in [-0.39, 0.29) is 24.4 Å². The SMILES string of the molecule is COc1ccc2c(c1)C(=O)N(C[C@@H](C#Cc1ccccc1C(N)=O)NC(=O)NC=O)C2. The number of hydrogen-bond acceptors (Lipinski definition) is 5. The van der Waals surface area contributed by atoms with E-state index in [2.05, 4.69) is 17.2 Å². The molecule has 0 saturated carbocycles. The molecule has 0 aliphatic carbocycles. The largest absolute Gasteiger partial charge is 0.497 e. The predicted molar refractivity (Wildman–Crippen MR) is 111 cm³/mol. The summed E-state index contributed by atoms with van der Waals surface area (Å²) in [6, 6.07) is 10.2. The number of urea groups is 1. The highest BCUT2D eigenvalue weighted by atomic mass is 16.5. The molecule has 2 aromatic rings. The van der Waals surface area contributed by atoms with E-state index in [0.717, 1.165) is 5.56 Å². The molecule has 0 saturated heterocycles. The van der Waals surface area contributed by atoms with E-state index < -0.39 is 18.0 Å². The topological polar surface area (TPSA) is 131 Å². The number of hydrogen-bond donors (Lipinski definition) is 3. The van der Waals surface area contributed by atoms with Crippen molar-refractivity contribution in [1.29, 1.82) is 0 Å². The first-order chi connectivity index (χ1) is 14.9. The third-order valence-corrected chi connectivity index (χ3v) is 4.67. The maximum Gasteiger partial charge on any atom is 0.322 e. The van der Waals surface area contributed by atoms with Crippen molar-refractivity contribution in [3.8, 4) is 17.6 Å². The lowest BCUT2D eigenvalue weighted by Crippen LogP contribution is -2.46. The van der Waals surface area contributed by atoms with E-state index in [0.29, 0.717) is 23.4 Å². The van der Waals surface area contributed by atoms with Gasteiger partial charge in [-0.3, -0.25) is 19.7 Å². The molecule has 0 fully saturated rings. The third-order valence-electron chi connectivity index (χ3n) is 4.67. The molecular formula is C22H20N4O5. The Hall–Kier alpha value is -4.32. The van der Waals surface area contributed by atoms with Gasteiger partial charge in [-0.15, -0.1) is 0 Å². The molecular weight excluding hydrogens is 400 g/mol. The summed E-state index contributed by atoms with van der Waals surface area (Å²) in [7, 11) is 1.52. The Kier molecular flexibility index (Phi) is 6.52. The molecule has 0 unspecified atom stereocenters. The number of nitrogens with two attached hydrogens (primary N) is 1. The van der Waals surface area contributed by atoms with E-state index in [9.17, 15) is 19.2 Å². The summed E-state index contributed by atoms with van der Waals surface area (Å²) in [4.78, 5) is 48.4. The number of imide groups is 1. The molecule has 158 valence electrons. The van der Waals surface area contributed by atoms with Crippen LogP contribution in [0.3, 0.4) is 0 Å². The lowest BCUT2D eigenvalue weighted by Gasteiger charge is -2.21. The Morgan fingerprint density at radius 3 is 2.77 bits per heavy atom. The van der Waals surface area contributed by atoms with Crippen LogP contribution in [0.1, 0.15) is 31.8 Å². The highest BCUT2D eigenvalue weighted by molar-refractivity contribution is 5.99. The smallest absolute Gasteiger partial charge is 0.322 e. The van der Waals surface area contributed by atoms with Crippen LogP contribution >= 0.6 is 0 Å². The molecule has 2 aromatic carbocycles. The first-order valence-corrected chi connectivity index (χ1v) is 9.30. The molecule has 0 spiro atoms. The lowest BCUT2D eigenvalue weighted by molar-refractivity contribution is -0.108. The van der Waals surface area contributed by atoms with Gasteiger partial charge in [0, 0.05) is 17.7 Å². The van der Waals surface area contributed by atoms with Gasteiger partial charge < -0.3 is 20.7 Å². The summed E-state index contributed by atoms with van der Waals surface area (Å²) < 4.78 is 5.17. The van der Waals surface area contributed by atoms with Gasteiger partial charge in [-0.05, 0) is 29.8 Å². The number of nitrogens with zero attached hydrogens (tertiary/aromatic N) is 1. The first kappa shape index (κ1) is 21.4. The van der Waals surface area contributed by atoms with Crippen LogP contribution < -0.4 is 21.1 Å². The van der Waals surface area contributed by atoms with E-state index in [1.165, 1.54) is 12.0 Å². The standard InChI is InChI=1S/C22H20N4O5/c1-31-17-9-7-15-11-26(21(29)19(15)10-17)12-16(25-22(30)24-13-27)8-6-14-4-2-3-5-18(14)20(23)28/h2-5,7,9-10,13,16H,11-12H2,1H3,(H2,23,28)(H2,24,25,27,30)/t16-/m1/s1. The van der Waals surface area contributed by atoms with E-state index in [1.54, 1.807) is 36.4 Å². The quantitative estimate of drug-likeness (QED) is 0.466. The zero-order valence-electron chi connectivity index (χ0n) is 16.7. The Balaban J connectivity index is 1.84. The number of primary amides is 1. The van der Waals surface area contributed by atoms with Crippen LogP contribution in [0.25, 0.3) is 0 Å². The molecule has 4 N–H and O–H groups in total. The summed E-state index contributed by atoms with van der Waals surface area (Å²) in [5, 5.41) is 4.52. The molecule has 9 nitrogen and oxygen atoms in total.